The fourth-order valence-corrected chi connectivity index (χ4v) is 3.08. The van der Waals surface area contributed by atoms with Crippen molar-refractivity contribution in [2.75, 3.05) is 12.3 Å². The summed E-state index contributed by atoms with van der Waals surface area (Å²) in [5.41, 5.74) is 1.30. The van der Waals surface area contributed by atoms with Gasteiger partial charge in [-0.3, -0.25) is 10.1 Å². The molecular weight excluding hydrogens is 209 g/mol. The van der Waals surface area contributed by atoms with Crippen LogP contribution in [-0.2, 0) is 6.16 Å². The van der Waals surface area contributed by atoms with E-state index in [1.165, 1.54) is 12.3 Å². The van der Waals surface area contributed by atoms with Crippen molar-refractivity contribution in [3.63, 3.8) is 0 Å². The number of nitro benzene ring substituents is 1. The summed E-state index contributed by atoms with van der Waals surface area (Å²) >= 11 is 0. The molecule has 82 valence electrons. The molecule has 1 rings (SSSR count). The van der Waals surface area contributed by atoms with Gasteiger partial charge in [-0.2, -0.15) is 0 Å². The van der Waals surface area contributed by atoms with Crippen LogP contribution in [0.15, 0.2) is 24.3 Å². The highest BCUT2D eigenvalue weighted by atomic mass is 31.1. The molecule has 0 spiro atoms. The molecule has 0 bridgehead atoms. The minimum absolute atomic E-state index is 0.0132. The van der Waals surface area contributed by atoms with E-state index in [-0.39, 0.29) is 18.5 Å². The molecule has 1 aromatic carbocycles. The van der Waals surface area contributed by atoms with Gasteiger partial charge in [-0.25, -0.2) is 0 Å². The first-order valence-corrected chi connectivity index (χ1v) is 7.02. The van der Waals surface area contributed by atoms with E-state index in [0.29, 0.717) is 0 Å². The lowest BCUT2D eigenvalue weighted by Gasteiger charge is -2.12. The van der Waals surface area contributed by atoms with Crippen LogP contribution in [0.2, 0.25) is 0 Å². The molecule has 1 aromatic rings. The number of benzene rings is 1. The highest BCUT2D eigenvalue weighted by Gasteiger charge is 2.08. The predicted octanol–water partition coefficient (Wildman–Crippen LogP) is 3.62. The van der Waals surface area contributed by atoms with Gasteiger partial charge in [0.05, 0.1) is 4.92 Å². The van der Waals surface area contributed by atoms with Crippen LogP contribution in [0, 0.1) is 10.1 Å². The van der Waals surface area contributed by atoms with Crippen molar-refractivity contribution in [1.29, 1.82) is 0 Å². The monoisotopic (exact) mass is 225 g/mol. The van der Waals surface area contributed by atoms with E-state index >= 15 is 0 Å². The first kappa shape index (κ1) is 12.1. The van der Waals surface area contributed by atoms with Crippen molar-refractivity contribution in [2.24, 2.45) is 0 Å². The minimum Gasteiger partial charge on any atom is -0.258 e. The van der Waals surface area contributed by atoms with Crippen molar-refractivity contribution in [3.05, 3.63) is 39.9 Å². The van der Waals surface area contributed by atoms with Crippen molar-refractivity contribution in [3.8, 4) is 0 Å². The molecule has 0 radical (unpaired) electrons. The fourth-order valence-electron chi connectivity index (χ4n) is 1.47. The Balaban J connectivity index is 2.77. The van der Waals surface area contributed by atoms with Gasteiger partial charge in [-0.1, -0.05) is 26.0 Å². The van der Waals surface area contributed by atoms with Crippen molar-refractivity contribution in [2.45, 2.75) is 20.0 Å². The van der Waals surface area contributed by atoms with E-state index in [2.05, 4.69) is 13.8 Å². The smallest absolute Gasteiger partial charge is 0.258 e. The second-order valence-corrected chi connectivity index (χ2v) is 6.31. The molecule has 0 aliphatic carbocycles. The van der Waals surface area contributed by atoms with Crippen LogP contribution < -0.4 is 0 Å². The largest absolute Gasteiger partial charge is 0.269 e. The summed E-state index contributed by atoms with van der Waals surface area (Å²) in [5, 5.41) is 10.6. The Morgan fingerprint density at radius 2 is 2.00 bits per heavy atom. The van der Waals surface area contributed by atoms with Crippen molar-refractivity contribution >= 4 is 13.6 Å². The van der Waals surface area contributed by atoms with Crippen LogP contribution in [0.4, 0.5) is 5.69 Å². The molecule has 15 heavy (non-hydrogen) atoms. The summed E-state index contributed by atoms with van der Waals surface area (Å²) in [5.74, 6) is 0. The van der Waals surface area contributed by atoms with E-state index in [1.54, 1.807) is 18.2 Å². The SMILES string of the molecule is CCP(CC)Cc1cccc([N+](=O)[O-])c1. The molecule has 4 heteroatoms. The van der Waals surface area contributed by atoms with E-state index < -0.39 is 0 Å². The highest BCUT2D eigenvalue weighted by molar-refractivity contribution is 7.56. The van der Waals surface area contributed by atoms with Gasteiger partial charge in [0, 0.05) is 12.1 Å². The van der Waals surface area contributed by atoms with E-state index in [9.17, 15) is 10.1 Å². The van der Waals surface area contributed by atoms with Gasteiger partial charge in [0.1, 0.15) is 0 Å². The van der Waals surface area contributed by atoms with Crippen LogP contribution in [0.3, 0.4) is 0 Å². The lowest BCUT2D eigenvalue weighted by atomic mass is 10.2. The third-order valence-corrected chi connectivity index (χ3v) is 5.02. The first-order chi connectivity index (χ1) is 7.17. The molecule has 0 unspecified atom stereocenters. The topological polar surface area (TPSA) is 43.1 Å². The Labute approximate surface area is 91.4 Å². The lowest BCUT2D eigenvalue weighted by molar-refractivity contribution is -0.384. The Hall–Kier alpha value is -0.950. The van der Waals surface area contributed by atoms with Crippen LogP contribution >= 0.6 is 7.92 Å². The number of nitro groups is 1. The molecule has 0 aliphatic rings. The zero-order valence-electron chi connectivity index (χ0n) is 9.14. The molecule has 0 saturated heterocycles. The Bertz CT molecular complexity index is 337. The van der Waals surface area contributed by atoms with Gasteiger partial charge in [0.2, 0.25) is 0 Å². The normalized spacial score (nSPS) is 10.6. The maximum absolute atomic E-state index is 10.6. The molecule has 0 N–H and O–H groups in total. The third kappa shape index (κ3) is 3.60. The van der Waals surface area contributed by atoms with Crippen LogP contribution in [0.1, 0.15) is 19.4 Å². The van der Waals surface area contributed by atoms with E-state index in [4.69, 9.17) is 0 Å². The summed E-state index contributed by atoms with van der Waals surface area (Å²) in [6.45, 7) is 4.37. The molecule has 0 saturated carbocycles. The molecule has 0 aliphatic heterocycles. The molecule has 3 nitrogen and oxygen atoms in total. The number of nitrogens with zero attached hydrogens (tertiary/aromatic N) is 1. The maximum atomic E-state index is 10.6. The second-order valence-electron chi connectivity index (χ2n) is 3.39. The van der Waals surface area contributed by atoms with Gasteiger partial charge < -0.3 is 0 Å². The third-order valence-electron chi connectivity index (χ3n) is 2.42. The number of non-ortho nitro benzene ring substituents is 1. The minimum atomic E-state index is -0.330. The maximum Gasteiger partial charge on any atom is 0.269 e. The quantitative estimate of drug-likeness (QED) is 0.436. The van der Waals surface area contributed by atoms with E-state index in [0.717, 1.165) is 11.7 Å². The molecule has 0 aromatic heterocycles. The summed E-state index contributed by atoms with van der Waals surface area (Å²) in [4.78, 5) is 10.3. The van der Waals surface area contributed by atoms with Gasteiger partial charge in [-0.15, -0.1) is 7.92 Å². The van der Waals surface area contributed by atoms with Gasteiger partial charge in [0.15, 0.2) is 0 Å². The molecule has 0 atom stereocenters. The number of rotatable bonds is 5. The molecule has 0 heterocycles. The summed E-state index contributed by atoms with van der Waals surface area (Å²) in [6, 6.07) is 6.99. The average molecular weight is 225 g/mol. The van der Waals surface area contributed by atoms with Crippen molar-refractivity contribution in [1.82, 2.24) is 0 Å². The Kier molecular flexibility index (Phi) is 4.70. The highest BCUT2D eigenvalue weighted by Crippen LogP contribution is 2.38. The zero-order valence-corrected chi connectivity index (χ0v) is 10.0. The standard InChI is InChI=1S/C11H16NO2P/c1-3-15(4-2)9-10-6-5-7-11(8-10)12(13)14/h5-8H,3-4,9H2,1-2H3. The van der Waals surface area contributed by atoms with Gasteiger partial charge in [-0.05, 0) is 24.0 Å². The lowest BCUT2D eigenvalue weighted by Crippen LogP contribution is -1.92. The van der Waals surface area contributed by atoms with Crippen LogP contribution in [0.25, 0.3) is 0 Å². The Morgan fingerprint density at radius 1 is 1.33 bits per heavy atom. The average Bonchev–Trinajstić information content (AvgIpc) is 2.26. The van der Waals surface area contributed by atoms with E-state index in [1.807, 2.05) is 6.07 Å². The second kappa shape index (κ2) is 5.82. The molecular formula is C11H16NO2P. The zero-order chi connectivity index (χ0) is 11.3. The number of hydrogen-bond donors (Lipinski definition) is 0. The van der Waals surface area contributed by atoms with Crippen LogP contribution in [-0.4, -0.2) is 17.2 Å². The fraction of sp³-hybridized carbons (Fsp3) is 0.455. The number of hydrogen-bond acceptors (Lipinski definition) is 2. The van der Waals surface area contributed by atoms with Gasteiger partial charge >= 0.3 is 0 Å². The summed E-state index contributed by atoms with van der Waals surface area (Å²) in [7, 11) is 0.0132. The molecule has 0 amide bonds. The van der Waals surface area contributed by atoms with Crippen LogP contribution in [0.5, 0.6) is 0 Å². The summed E-state index contributed by atoms with van der Waals surface area (Å²) in [6.07, 6.45) is 3.38. The predicted molar refractivity (Wildman–Crippen MR) is 64.8 cm³/mol. The van der Waals surface area contributed by atoms with Crippen molar-refractivity contribution < 1.29 is 4.92 Å². The van der Waals surface area contributed by atoms with Gasteiger partial charge in [0.25, 0.3) is 5.69 Å². The first-order valence-electron chi connectivity index (χ1n) is 5.13. The summed E-state index contributed by atoms with van der Waals surface area (Å²) < 4.78 is 0. The molecule has 0 fully saturated rings. The Morgan fingerprint density at radius 3 is 2.53 bits per heavy atom.